The number of nitrogens with zero attached hydrogens (tertiary/aromatic N) is 6. The molecule has 4 aromatic rings. The highest BCUT2D eigenvalue weighted by Gasteiger charge is 2.14. The predicted octanol–water partition coefficient (Wildman–Crippen LogP) is 2.49. The molecule has 4 rings (SSSR count). The summed E-state index contributed by atoms with van der Waals surface area (Å²) in [5.74, 6) is 1.37. The van der Waals surface area contributed by atoms with Crippen LogP contribution in [-0.4, -0.2) is 46.9 Å². The number of aromatic nitrogens is 6. The topological polar surface area (TPSA) is 123 Å². The highest BCUT2D eigenvalue weighted by atomic mass is 16.3. The zero-order chi connectivity index (χ0) is 22.0. The Morgan fingerprint density at radius 2 is 2.10 bits per heavy atom. The van der Waals surface area contributed by atoms with Crippen molar-refractivity contribution in [3.8, 4) is 5.82 Å². The summed E-state index contributed by atoms with van der Waals surface area (Å²) in [5.41, 5.74) is 3.18. The summed E-state index contributed by atoms with van der Waals surface area (Å²) >= 11 is 0. The lowest BCUT2D eigenvalue weighted by molar-refractivity contribution is -0.111. The first-order valence-corrected chi connectivity index (χ1v) is 9.65. The van der Waals surface area contributed by atoms with Gasteiger partial charge < -0.3 is 15.7 Å². The van der Waals surface area contributed by atoms with Crippen LogP contribution in [0.4, 0.5) is 17.5 Å². The molecule has 0 unspecified atom stereocenters. The summed E-state index contributed by atoms with van der Waals surface area (Å²) in [7, 11) is 0. The normalized spacial score (nSPS) is 10.9. The van der Waals surface area contributed by atoms with Crippen molar-refractivity contribution in [3.63, 3.8) is 0 Å². The van der Waals surface area contributed by atoms with Crippen LogP contribution in [0.15, 0.2) is 49.6 Å². The highest BCUT2D eigenvalue weighted by Crippen LogP contribution is 2.26. The molecule has 4 heterocycles. The van der Waals surface area contributed by atoms with Crippen molar-refractivity contribution in [2.24, 2.45) is 0 Å². The number of aliphatic hydroxyl groups excluding tert-OH is 1. The van der Waals surface area contributed by atoms with Crippen LogP contribution in [-0.2, 0) is 11.3 Å². The lowest BCUT2D eigenvalue weighted by Gasteiger charge is -2.10. The van der Waals surface area contributed by atoms with Crippen molar-refractivity contribution in [3.05, 3.63) is 60.7 Å². The van der Waals surface area contributed by atoms with E-state index >= 15 is 0 Å². The molecule has 0 saturated heterocycles. The number of fused-ring (bicyclic) bond motifs is 1. The SMILES string of the molecule is C=CC(=O)Nc1cnc2c(c1)c(C)cn2-c1nc(Nc2ccn(CCO)n2)ncc1C. The molecule has 4 aromatic heterocycles. The van der Waals surface area contributed by atoms with Crippen LogP contribution >= 0.6 is 0 Å². The van der Waals surface area contributed by atoms with E-state index in [1.165, 1.54) is 6.08 Å². The van der Waals surface area contributed by atoms with E-state index in [9.17, 15) is 4.79 Å². The van der Waals surface area contributed by atoms with Gasteiger partial charge in [0.05, 0.1) is 25.0 Å². The van der Waals surface area contributed by atoms with Gasteiger partial charge in [0.25, 0.3) is 0 Å². The molecule has 3 N–H and O–H groups in total. The third-order valence-electron chi connectivity index (χ3n) is 4.68. The van der Waals surface area contributed by atoms with Crippen LogP contribution in [0.2, 0.25) is 0 Å². The molecule has 158 valence electrons. The van der Waals surface area contributed by atoms with Crippen LogP contribution in [0.1, 0.15) is 11.1 Å². The van der Waals surface area contributed by atoms with Gasteiger partial charge in [0, 0.05) is 35.6 Å². The maximum absolute atomic E-state index is 11.6. The zero-order valence-electron chi connectivity index (χ0n) is 17.2. The number of anilines is 3. The van der Waals surface area contributed by atoms with Gasteiger partial charge in [-0.1, -0.05) is 6.58 Å². The average molecular weight is 418 g/mol. The van der Waals surface area contributed by atoms with Crippen LogP contribution in [0.3, 0.4) is 0 Å². The summed E-state index contributed by atoms with van der Waals surface area (Å²) in [6.07, 6.45) is 8.27. The molecule has 10 heteroatoms. The minimum atomic E-state index is -0.290. The second kappa shape index (κ2) is 8.36. The monoisotopic (exact) mass is 418 g/mol. The van der Waals surface area contributed by atoms with Crippen LogP contribution in [0.25, 0.3) is 16.9 Å². The number of aliphatic hydroxyl groups is 1. The van der Waals surface area contributed by atoms with Crippen molar-refractivity contribution in [2.75, 3.05) is 17.2 Å². The minimum Gasteiger partial charge on any atom is -0.394 e. The van der Waals surface area contributed by atoms with Crippen LogP contribution in [0.5, 0.6) is 0 Å². The van der Waals surface area contributed by atoms with Gasteiger partial charge in [-0.25, -0.2) is 9.97 Å². The number of carbonyl (C=O) groups excluding carboxylic acids is 1. The molecule has 0 aliphatic rings. The van der Waals surface area contributed by atoms with Gasteiger partial charge in [0.2, 0.25) is 11.9 Å². The Morgan fingerprint density at radius 3 is 2.87 bits per heavy atom. The number of pyridine rings is 1. The van der Waals surface area contributed by atoms with E-state index < -0.39 is 0 Å². The number of rotatable bonds is 7. The Labute approximate surface area is 178 Å². The summed E-state index contributed by atoms with van der Waals surface area (Å²) in [4.78, 5) is 25.1. The molecule has 0 aliphatic heterocycles. The van der Waals surface area contributed by atoms with Crippen molar-refractivity contribution < 1.29 is 9.90 Å². The van der Waals surface area contributed by atoms with E-state index in [-0.39, 0.29) is 12.5 Å². The number of hydrogen-bond donors (Lipinski definition) is 3. The number of carbonyl (C=O) groups is 1. The Kier molecular flexibility index (Phi) is 5.46. The van der Waals surface area contributed by atoms with E-state index in [1.54, 1.807) is 29.3 Å². The number of hydrogen-bond acceptors (Lipinski definition) is 7. The standard InChI is InChI=1S/C21H22N8O2/c1-4-18(31)24-15-9-16-14(3)12-29(20(16)22-11-15)19-13(2)10-23-21(26-19)25-17-5-6-28(27-17)7-8-30/h4-6,9-12,30H,1,7-8H2,2-3H3,(H,24,31)(H,23,25,26,27). The molecule has 0 aromatic carbocycles. The first-order chi connectivity index (χ1) is 15.0. The van der Waals surface area contributed by atoms with Gasteiger partial charge in [-0.05, 0) is 31.6 Å². The molecule has 0 saturated carbocycles. The van der Waals surface area contributed by atoms with Crippen molar-refractivity contribution in [1.29, 1.82) is 0 Å². The zero-order valence-corrected chi connectivity index (χ0v) is 17.2. The lowest BCUT2D eigenvalue weighted by Crippen LogP contribution is -2.08. The number of aryl methyl sites for hydroxylation is 2. The van der Waals surface area contributed by atoms with Gasteiger partial charge in [-0.2, -0.15) is 10.1 Å². The quantitative estimate of drug-likeness (QED) is 0.394. The van der Waals surface area contributed by atoms with Gasteiger partial charge in [-0.15, -0.1) is 0 Å². The molecule has 1 amide bonds. The molecule has 31 heavy (non-hydrogen) atoms. The Morgan fingerprint density at radius 1 is 1.26 bits per heavy atom. The van der Waals surface area contributed by atoms with Crippen molar-refractivity contribution in [2.45, 2.75) is 20.4 Å². The fraction of sp³-hybridized carbons (Fsp3) is 0.190. The molecule has 0 aliphatic carbocycles. The van der Waals surface area contributed by atoms with Gasteiger partial charge in [0.15, 0.2) is 5.82 Å². The number of nitrogens with one attached hydrogen (secondary N) is 2. The van der Waals surface area contributed by atoms with Crippen LogP contribution < -0.4 is 10.6 Å². The van der Waals surface area contributed by atoms with E-state index in [1.807, 2.05) is 30.7 Å². The first kappa shape index (κ1) is 20.2. The Bertz CT molecular complexity index is 1270. The fourth-order valence-corrected chi connectivity index (χ4v) is 3.19. The minimum absolute atomic E-state index is 0.0122. The lowest BCUT2D eigenvalue weighted by atomic mass is 10.2. The highest BCUT2D eigenvalue weighted by molar-refractivity contribution is 6.00. The third kappa shape index (κ3) is 4.14. The predicted molar refractivity (Wildman–Crippen MR) is 118 cm³/mol. The summed E-state index contributed by atoms with van der Waals surface area (Å²) in [5, 5.41) is 20.1. The molecule has 0 fully saturated rings. The van der Waals surface area contributed by atoms with E-state index in [0.717, 1.165) is 16.5 Å². The second-order valence-corrected chi connectivity index (χ2v) is 6.98. The van der Waals surface area contributed by atoms with E-state index in [0.29, 0.717) is 35.5 Å². The molecule has 0 spiro atoms. The third-order valence-corrected chi connectivity index (χ3v) is 4.68. The van der Waals surface area contributed by atoms with E-state index in [2.05, 4.69) is 37.3 Å². The Balaban J connectivity index is 1.69. The molecular formula is C21H22N8O2. The average Bonchev–Trinajstić information content (AvgIpc) is 3.33. The first-order valence-electron chi connectivity index (χ1n) is 9.65. The second-order valence-electron chi connectivity index (χ2n) is 6.98. The summed E-state index contributed by atoms with van der Waals surface area (Å²) in [6.45, 7) is 7.79. The van der Waals surface area contributed by atoms with E-state index in [4.69, 9.17) is 5.11 Å². The van der Waals surface area contributed by atoms with Crippen molar-refractivity contribution >= 4 is 34.4 Å². The van der Waals surface area contributed by atoms with Gasteiger partial charge in [-0.3, -0.25) is 14.0 Å². The Hall–Kier alpha value is -4.05. The maximum atomic E-state index is 11.6. The largest absolute Gasteiger partial charge is 0.394 e. The van der Waals surface area contributed by atoms with Gasteiger partial charge >= 0.3 is 0 Å². The smallest absolute Gasteiger partial charge is 0.247 e. The summed E-state index contributed by atoms with van der Waals surface area (Å²) < 4.78 is 3.53. The summed E-state index contributed by atoms with van der Waals surface area (Å²) in [6, 6.07) is 3.66. The maximum Gasteiger partial charge on any atom is 0.247 e. The molecule has 0 radical (unpaired) electrons. The molecule has 0 atom stereocenters. The van der Waals surface area contributed by atoms with Gasteiger partial charge in [0.1, 0.15) is 11.5 Å². The molecular weight excluding hydrogens is 396 g/mol. The molecule has 0 bridgehead atoms. The van der Waals surface area contributed by atoms with Crippen molar-refractivity contribution in [1.82, 2.24) is 29.3 Å². The van der Waals surface area contributed by atoms with Crippen LogP contribution in [0, 0.1) is 13.8 Å². The fourth-order valence-electron chi connectivity index (χ4n) is 3.19. The number of amides is 1. The molecule has 10 nitrogen and oxygen atoms in total.